The average Bonchev–Trinajstić information content (AvgIpc) is 2.86. The lowest BCUT2D eigenvalue weighted by Crippen LogP contribution is -2.54. The van der Waals surface area contributed by atoms with Gasteiger partial charge in [-0.25, -0.2) is 0 Å². The summed E-state index contributed by atoms with van der Waals surface area (Å²) in [5.74, 6) is 1.91. The number of hydrogen-bond donors (Lipinski definition) is 1. The first-order valence-corrected chi connectivity index (χ1v) is 6.98. The van der Waals surface area contributed by atoms with Crippen molar-refractivity contribution in [3.63, 3.8) is 0 Å². The zero-order valence-corrected chi connectivity index (χ0v) is 12.1. The average molecular weight is 250 g/mol. The molecule has 1 aromatic heterocycles. The highest BCUT2D eigenvalue weighted by Crippen LogP contribution is 2.43. The number of hydrogen-bond acceptors (Lipinski definition) is 3. The van der Waals surface area contributed by atoms with Gasteiger partial charge in [0, 0.05) is 5.54 Å². The molecular weight excluding hydrogens is 224 g/mol. The van der Waals surface area contributed by atoms with Gasteiger partial charge in [-0.3, -0.25) is 0 Å². The van der Waals surface area contributed by atoms with Crippen molar-refractivity contribution in [2.24, 2.45) is 5.92 Å². The monoisotopic (exact) mass is 250 g/mol. The molecule has 1 unspecified atom stereocenters. The van der Waals surface area contributed by atoms with Crippen LogP contribution in [0.3, 0.4) is 0 Å². The Morgan fingerprint density at radius 2 is 2.06 bits per heavy atom. The van der Waals surface area contributed by atoms with Crippen LogP contribution in [-0.4, -0.2) is 31.6 Å². The number of rotatable bonds is 4. The molecule has 0 aliphatic heterocycles. The van der Waals surface area contributed by atoms with Gasteiger partial charge in [0.1, 0.15) is 5.76 Å². The summed E-state index contributed by atoms with van der Waals surface area (Å²) < 4.78 is 5.65. The molecule has 3 nitrogen and oxygen atoms in total. The first kappa shape index (κ1) is 13.6. The summed E-state index contributed by atoms with van der Waals surface area (Å²) in [5, 5.41) is 3.48. The molecule has 0 amide bonds. The third kappa shape index (κ3) is 2.34. The normalized spacial score (nSPS) is 30.6. The summed E-state index contributed by atoms with van der Waals surface area (Å²) in [5.41, 5.74) is 0.180. The Morgan fingerprint density at radius 3 is 2.50 bits per heavy atom. The standard InChI is InChI=1S/C15H26N2O/c1-12-7-9-15(10-8-12,17(3)4)14(16-2)13-6-5-11-18-13/h5-6,11-12,14,16H,7-10H2,1-4H3. The molecule has 1 fully saturated rings. The van der Waals surface area contributed by atoms with E-state index in [1.165, 1.54) is 25.7 Å². The fourth-order valence-corrected chi connectivity index (χ4v) is 3.39. The summed E-state index contributed by atoms with van der Waals surface area (Å²) in [6, 6.07) is 4.34. The van der Waals surface area contributed by atoms with Crippen LogP contribution in [0.1, 0.15) is 44.4 Å². The van der Waals surface area contributed by atoms with Crippen LogP contribution in [0.25, 0.3) is 0 Å². The van der Waals surface area contributed by atoms with Crippen LogP contribution in [0.4, 0.5) is 0 Å². The van der Waals surface area contributed by atoms with E-state index in [0.717, 1.165) is 11.7 Å². The van der Waals surface area contributed by atoms with E-state index in [4.69, 9.17) is 4.42 Å². The Kier molecular flexibility index (Phi) is 4.13. The zero-order valence-electron chi connectivity index (χ0n) is 12.1. The first-order chi connectivity index (χ1) is 8.60. The lowest BCUT2D eigenvalue weighted by molar-refractivity contribution is 0.0380. The van der Waals surface area contributed by atoms with Gasteiger partial charge in [-0.05, 0) is 64.9 Å². The summed E-state index contributed by atoms with van der Waals surface area (Å²) >= 11 is 0. The van der Waals surface area contributed by atoms with Crippen LogP contribution in [-0.2, 0) is 0 Å². The minimum absolute atomic E-state index is 0.180. The molecule has 0 bridgehead atoms. The lowest BCUT2D eigenvalue weighted by Gasteiger charge is -2.49. The van der Waals surface area contributed by atoms with Gasteiger partial charge in [0.15, 0.2) is 0 Å². The molecule has 0 aromatic carbocycles. The molecule has 1 saturated carbocycles. The predicted octanol–water partition coefficient (Wildman–Crippen LogP) is 3.05. The quantitative estimate of drug-likeness (QED) is 0.890. The number of furan rings is 1. The van der Waals surface area contributed by atoms with Gasteiger partial charge >= 0.3 is 0 Å². The van der Waals surface area contributed by atoms with Crippen molar-refractivity contribution in [3.05, 3.63) is 24.2 Å². The van der Waals surface area contributed by atoms with Crippen LogP contribution in [0.2, 0.25) is 0 Å². The Balaban J connectivity index is 2.28. The molecule has 0 spiro atoms. The molecular formula is C15H26N2O. The molecule has 18 heavy (non-hydrogen) atoms. The molecule has 2 rings (SSSR count). The second kappa shape index (κ2) is 5.45. The zero-order chi connectivity index (χ0) is 13.2. The predicted molar refractivity (Wildman–Crippen MR) is 74.6 cm³/mol. The SMILES string of the molecule is CNC(c1ccco1)C1(N(C)C)CCC(C)CC1. The third-order valence-corrected chi connectivity index (χ3v) is 4.68. The van der Waals surface area contributed by atoms with Crippen LogP contribution in [0.15, 0.2) is 22.8 Å². The van der Waals surface area contributed by atoms with E-state index in [0.29, 0.717) is 0 Å². The van der Waals surface area contributed by atoms with E-state index in [9.17, 15) is 0 Å². The molecule has 0 saturated heterocycles. The molecule has 1 atom stereocenters. The fourth-order valence-electron chi connectivity index (χ4n) is 3.39. The Labute approximate surface area is 111 Å². The Bertz CT molecular complexity index is 351. The summed E-state index contributed by atoms with van der Waals surface area (Å²) in [4.78, 5) is 2.39. The van der Waals surface area contributed by atoms with Crippen LogP contribution in [0.5, 0.6) is 0 Å². The fraction of sp³-hybridized carbons (Fsp3) is 0.733. The van der Waals surface area contributed by atoms with Crippen LogP contribution < -0.4 is 5.32 Å². The maximum Gasteiger partial charge on any atom is 0.122 e. The lowest BCUT2D eigenvalue weighted by atomic mass is 9.71. The molecule has 1 aliphatic rings. The van der Waals surface area contributed by atoms with E-state index in [2.05, 4.69) is 37.3 Å². The Morgan fingerprint density at radius 1 is 1.39 bits per heavy atom. The Hall–Kier alpha value is -0.800. The summed E-state index contributed by atoms with van der Waals surface area (Å²) in [6.07, 6.45) is 6.84. The number of nitrogens with one attached hydrogen (secondary N) is 1. The minimum atomic E-state index is 0.180. The van der Waals surface area contributed by atoms with Gasteiger partial charge in [0.25, 0.3) is 0 Å². The van der Waals surface area contributed by atoms with Crippen molar-refractivity contribution in [2.45, 2.75) is 44.2 Å². The molecule has 102 valence electrons. The maximum absolute atomic E-state index is 5.65. The van der Waals surface area contributed by atoms with E-state index in [1.807, 2.05) is 13.1 Å². The van der Waals surface area contributed by atoms with Crippen molar-refractivity contribution in [3.8, 4) is 0 Å². The largest absolute Gasteiger partial charge is 0.468 e. The second-order valence-electron chi connectivity index (χ2n) is 5.92. The molecule has 3 heteroatoms. The summed E-state index contributed by atoms with van der Waals surface area (Å²) in [6.45, 7) is 2.36. The highest BCUT2D eigenvalue weighted by molar-refractivity contribution is 5.14. The van der Waals surface area contributed by atoms with Gasteiger partial charge in [0.2, 0.25) is 0 Å². The number of nitrogens with zero attached hydrogens (tertiary/aromatic N) is 1. The summed E-state index contributed by atoms with van der Waals surface area (Å²) in [7, 11) is 6.43. The van der Waals surface area contributed by atoms with Crippen LogP contribution >= 0.6 is 0 Å². The topological polar surface area (TPSA) is 28.4 Å². The number of likely N-dealkylation sites (N-methyl/N-ethyl adjacent to an activating group) is 2. The van der Waals surface area contributed by atoms with E-state index in [1.54, 1.807) is 6.26 Å². The molecule has 1 heterocycles. The highest BCUT2D eigenvalue weighted by atomic mass is 16.3. The minimum Gasteiger partial charge on any atom is -0.468 e. The maximum atomic E-state index is 5.65. The van der Waals surface area contributed by atoms with Gasteiger partial charge in [-0.1, -0.05) is 6.92 Å². The first-order valence-electron chi connectivity index (χ1n) is 6.98. The van der Waals surface area contributed by atoms with E-state index in [-0.39, 0.29) is 11.6 Å². The van der Waals surface area contributed by atoms with Gasteiger partial charge in [0.05, 0.1) is 12.3 Å². The van der Waals surface area contributed by atoms with Crippen molar-refractivity contribution in [2.75, 3.05) is 21.1 Å². The molecule has 1 N–H and O–H groups in total. The van der Waals surface area contributed by atoms with Crippen molar-refractivity contribution >= 4 is 0 Å². The van der Waals surface area contributed by atoms with E-state index >= 15 is 0 Å². The van der Waals surface area contributed by atoms with Gasteiger partial charge in [-0.2, -0.15) is 0 Å². The van der Waals surface area contributed by atoms with Crippen molar-refractivity contribution < 1.29 is 4.42 Å². The molecule has 0 radical (unpaired) electrons. The molecule has 1 aliphatic carbocycles. The van der Waals surface area contributed by atoms with Crippen molar-refractivity contribution in [1.82, 2.24) is 10.2 Å². The van der Waals surface area contributed by atoms with E-state index < -0.39 is 0 Å². The van der Waals surface area contributed by atoms with Gasteiger partial charge < -0.3 is 14.6 Å². The van der Waals surface area contributed by atoms with Crippen LogP contribution in [0, 0.1) is 5.92 Å². The smallest absolute Gasteiger partial charge is 0.122 e. The highest BCUT2D eigenvalue weighted by Gasteiger charge is 2.44. The third-order valence-electron chi connectivity index (χ3n) is 4.68. The van der Waals surface area contributed by atoms with Crippen molar-refractivity contribution in [1.29, 1.82) is 0 Å². The van der Waals surface area contributed by atoms with Gasteiger partial charge in [-0.15, -0.1) is 0 Å². The molecule has 1 aromatic rings. The second-order valence-corrected chi connectivity index (χ2v) is 5.92.